The minimum atomic E-state index is -0.0694. The van der Waals surface area contributed by atoms with Crippen LogP contribution in [0.5, 0.6) is 11.5 Å². The van der Waals surface area contributed by atoms with Crippen LogP contribution in [-0.2, 0) is 4.79 Å². The third kappa shape index (κ3) is 6.12. The number of hydrogen-bond acceptors (Lipinski definition) is 4. The Labute approximate surface area is 126 Å². The third-order valence-corrected chi connectivity index (χ3v) is 2.44. The molecule has 5 nitrogen and oxygen atoms in total. The molecule has 0 saturated carbocycles. The van der Waals surface area contributed by atoms with Gasteiger partial charge in [-0.1, -0.05) is 0 Å². The van der Waals surface area contributed by atoms with E-state index in [9.17, 15) is 4.79 Å². The minimum absolute atomic E-state index is 0. The Morgan fingerprint density at radius 3 is 2.55 bits per heavy atom. The lowest BCUT2D eigenvalue weighted by Gasteiger charge is -2.13. The summed E-state index contributed by atoms with van der Waals surface area (Å²) in [5.74, 6) is 1.28. The Hall–Kier alpha value is -1.46. The normalized spacial score (nSPS) is 9.55. The average Bonchev–Trinajstić information content (AvgIpc) is 2.40. The standard InChI is InChI=1S/C14H22N2O3.ClH/c1-3-18-11-7-8-13(19-4-2)12(10-11)16-14(17)6-5-9-15;/h7-8,10H,3-6,9,15H2,1-2H3,(H,16,17);1H. The molecule has 1 aromatic carbocycles. The van der Waals surface area contributed by atoms with Crippen molar-refractivity contribution in [2.45, 2.75) is 26.7 Å². The molecule has 0 bridgehead atoms. The third-order valence-electron chi connectivity index (χ3n) is 2.44. The molecule has 0 spiro atoms. The van der Waals surface area contributed by atoms with Gasteiger partial charge in [-0.3, -0.25) is 4.79 Å². The van der Waals surface area contributed by atoms with Crippen LogP contribution >= 0.6 is 12.4 Å². The topological polar surface area (TPSA) is 73.6 Å². The fourth-order valence-corrected chi connectivity index (χ4v) is 1.62. The summed E-state index contributed by atoms with van der Waals surface area (Å²) in [6.07, 6.45) is 1.07. The van der Waals surface area contributed by atoms with E-state index in [1.165, 1.54) is 0 Å². The Bertz CT molecular complexity index is 413. The van der Waals surface area contributed by atoms with E-state index in [1.807, 2.05) is 19.9 Å². The number of rotatable bonds is 8. The number of halogens is 1. The Morgan fingerprint density at radius 2 is 1.95 bits per heavy atom. The van der Waals surface area contributed by atoms with Crippen molar-refractivity contribution in [1.29, 1.82) is 0 Å². The lowest BCUT2D eigenvalue weighted by Crippen LogP contribution is -2.14. The van der Waals surface area contributed by atoms with E-state index in [-0.39, 0.29) is 18.3 Å². The molecule has 114 valence electrons. The summed E-state index contributed by atoms with van der Waals surface area (Å²) in [4.78, 5) is 11.7. The van der Waals surface area contributed by atoms with Crippen molar-refractivity contribution >= 4 is 24.0 Å². The molecule has 1 rings (SSSR count). The number of hydrogen-bond donors (Lipinski definition) is 2. The number of nitrogens with one attached hydrogen (secondary N) is 1. The van der Waals surface area contributed by atoms with Crippen LogP contribution in [0.2, 0.25) is 0 Å². The molecule has 0 atom stereocenters. The molecule has 20 heavy (non-hydrogen) atoms. The van der Waals surface area contributed by atoms with Crippen LogP contribution < -0.4 is 20.5 Å². The molecule has 0 heterocycles. The first-order chi connectivity index (χ1) is 9.21. The van der Waals surface area contributed by atoms with Gasteiger partial charge in [0, 0.05) is 12.5 Å². The van der Waals surface area contributed by atoms with Crippen LogP contribution in [0, 0.1) is 0 Å². The van der Waals surface area contributed by atoms with E-state index in [4.69, 9.17) is 15.2 Å². The number of carbonyl (C=O) groups is 1. The highest BCUT2D eigenvalue weighted by atomic mass is 35.5. The molecule has 1 amide bonds. The van der Waals surface area contributed by atoms with Gasteiger partial charge in [0.2, 0.25) is 5.91 Å². The van der Waals surface area contributed by atoms with Gasteiger partial charge in [0.25, 0.3) is 0 Å². The summed E-state index contributed by atoms with van der Waals surface area (Å²) in [6, 6.07) is 5.39. The Balaban J connectivity index is 0.00000361. The molecular formula is C14H23ClN2O3. The van der Waals surface area contributed by atoms with Crippen molar-refractivity contribution in [2.24, 2.45) is 5.73 Å². The second kappa shape index (κ2) is 10.3. The van der Waals surface area contributed by atoms with Gasteiger partial charge in [0.1, 0.15) is 11.5 Å². The molecule has 0 radical (unpaired) electrons. The maximum Gasteiger partial charge on any atom is 0.224 e. The zero-order chi connectivity index (χ0) is 14.1. The van der Waals surface area contributed by atoms with Crippen LogP contribution in [0.4, 0.5) is 5.69 Å². The lowest BCUT2D eigenvalue weighted by molar-refractivity contribution is -0.116. The smallest absolute Gasteiger partial charge is 0.224 e. The van der Waals surface area contributed by atoms with Crippen LogP contribution in [0.3, 0.4) is 0 Å². The van der Waals surface area contributed by atoms with Gasteiger partial charge in [-0.05, 0) is 38.9 Å². The quantitative estimate of drug-likeness (QED) is 0.774. The van der Waals surface area contributed by atoms with Gasteiger partial charge >= 0.3 is 0 Å². The lowest BCUT2D eigenvalue weighted by atomic mass is 10.2. The van der Waals surface area contributed by atoms with Crippen molar-refractivity contribution in [3.05, 3.63) is 18.2 Å². The average molecular weight is 303 g/mol. The fraction of sp³-hybridized carbons (Fsp3) is 0.500. The summed E-state index contributed by atoms with van der Waals surface area (Å²) >= 11 is 0. The largest absolute Gasteiger partial charge is 0.494 e. The zero-order valence-electron chi connectivity index (χ0n) is 12.0. The predicted molar refractivity (Wildman–Crippen MR) is 82.9 cm³/mol. The van der Waals surface area contributed by atoms with Gasteiger partial charge in [-0.25, -0.2) is 0 Å². The molecule has 0 aliphatic heterocycles. The van der Waals surface area contributed by atoms with E-state index in [0.717, 1.165) is 0 Å². The fourth-order valence-electron chi connectivity index (χ4n) is 1.62. The van der Waals surface area contributed by atoms with E-state index >= 15 is 0 Å². The van der Waals surface area contributed by atoms with E-state index in [2.05, 4.69) is 5.32 Å². The number of carbonyl (C=O) groups excluding carboxylic acids is 1. The predicted octanol–water partition coefficient (Wildman–Crippen LogP) is 2.58. The number of amides is 1. The van der Waals surface area contributed by atoms with Crippen molar-refractivity contribution in [3.8, 4) is 11.5 Å². The Kier molecular flexibility index (Phi) is 9.59. The maximum absolute atomic E-state index is 11.7. The van der Waals surface area contributed by atoms with Crippen molar-refractivity contribution in [3.63, 3.8) is 0 Å². The number of nitrogens with two attached hydrogens (primary N) is 1. The highest BCUT2D eigenvalue weighted by Gasteiger charge is 2.09. The summed E-state index contributed by atoms with van der Waals surface area (Å²) < 4.78 is 10.9. The molecule has 0 aromatic heterocycles. The van der Waals surface area contributed by atoms with Crippen LogP contribution in [0.15, 0.2) is 18.2 Å². The minimum Gasteiger partial charge on any atom is -0.494 e. The van der Waals surface area contributed by atoms with Gasteiger partial charge in [0.05, 0.1) is 18.9 Å². The van der Waals surface area contributed by atoms with E-state index < -0.39 is 0 Å². The molecule has 0 fully saturated rings. The first-order valence-corrected chi connectivity index (χ1v) is 6.60. The molecule has 6 heteroatoms. The molecular weight excluding hydrogens is 280 g/mol. The SMILES string of the molecule is CCOc1ccc(OCC)c(NC(=O)CCCN)c1.Cl. The summed E-state index contributed by atoms with van der Waals surface area (Å²) in [7, 11) is 0. The molecule has 1 aromatic rings. The summed E-state index contributed by atoms with van der Waals surface area (Å²) in [5, 5.41) is 2.83. The van der Waals surface area contributed by atoms with Gasteiger partial charge in [-0.15, -0.1) is 12.4 Å². The first kappa shape index (κ1) is 18.5. The van der Waals surface area contributed by atoms with Crippen molar-refractivity contribution in [1.82, 2.24) is 0 Å². The summed E-state index contributed by atoms with van der Waals surface area (Å²) in [6.45, 7) is 5.44. The van der Waals surface area contributed by atoms with E-state index in [1.54, 1.807) is 12.1 Å². The molecule has 0 aliphatic carbocycles. The van der Waals surface area contributed by atoms with Crippen LogP contribution in [0.25, 0.3) is 0 Å². The molecule has 0 saturated heterocycles. The first-order valence-electron chi connectivity index (χ1n) is 6.60. The second-order valence-corrected chi connectivity index (χ2v) is 3.96. The number of anilines is 1. The zero-order valence-corrected chi connectivity index (χ0v) is 12.8. The van der Waals surface area contributed by atoms with Crippen molar-refractivity contribution in [2.75, 3.05) is 25.1 Å². The second-order valence-electron chi connectivity index (χ2n) is 3.96. The highest BCUT2D eigenvalue weighted by Crippen LogP contribution is 2.29. The van der Waals surface area contributed by atoms with Gasteiger partial charge < -0.3 is 20.5 Å². The van der Waals surface area contributed by atoms with Crippen LogP contribution in [0.1, 0.15) is 26.7 Å². The highest BCUT2D eigenvalue weighted by molar-refractivity contribution is 5.92. The van der Waals surface area contributed by atoms with Crippen LogP contribution in [-0.4, -0.2) is 25.7 Å². The number of ether oxygens (including phenoxy) is 2. The molecule has 0 unspecified atom stereocenters. The Morgan fingerprint density at radius 1 is 1.25 bits per heavy atom. The monoisotopic (exact) mass is 302 g/mol. The molecule has 0 aliphatic rings. The van der Waals surface area contributed by atoms with Gasteiger partial charge in [0.15, 0.2) is 0 Å². The van der Waals surface area contributed by atoms with E-state index in [0.29, 0.717) is 49.8 Å². The maximum atomic E-state index is 11.7. The summed E-state index contributed by atoms with van der Waals surface area (Å²) in [5.41, 5.74) is 6.02. The van der Waals surface area contributed by atoms with Gasteiger partial charge in [-0.2, -0.15) is 0 Å². The molecule has 3 N–H and O–H groups in total. The van der Waals surface area contributed by atoms with Crippen molar-refractivity contribution < 1.29 is 14.3 Å². The number of benzene rings is 1.